The number of anilines is 1. The minimum Gasteiger partial charge on any atom is -0.392 e. The maximum absolute atomic E-state index is 14.3. The van der Waals surface area contributed by atoms with Gasteiger partial charge in [0.05, 0.1) is 12.3 Å². The molecule has 1 aliphatic rings. The van der Waals surface area contributed by atoms with E-state index in [-0.39, 0.29) is 18.3 Å². The molecule has 0 unspecified atom stereocenters. The van der Waals surface area contributed by atoms with E-state index in [1.54, 1.807) is 12.1 Å². The number of carbonyl (C=O) groups is 1. The maximum atomic E-state index is 14.3. The zero-order valence-electron chi connectivity index (χ0n) is 13.5. The molecule has 0 bridgehead atoms. The van der Waals surface area contributed by atoms with Gasteiger partial charge in [-0.3, -0.25) is 4.79 Å². The first-order valence-corrected chi connectivity index (χ1v) is 8.19. The molecule has 1 heterocycles. The Labute approximate surface area is 140 Å². The van der Waals surface area contributed by atoms with Crippen molar-refractivity contribution in [3.63, 3.8) is 0 Å². The summed E-state index contributed by atoms with van der Waals surface area (Å²) in [6.07, 6.45) is 2.15. The summed E-state index contributed by atoms with van der Waals surface area (Å²) in [6.45, 7) is 1.94. The fraction of sp³-hybridized carbons (Fsp3) is 0.316. The molecule has 4 nitrogen and oxygen atoms in total. The Morgan fingerprint density at radius 2 is 1.83 bits per heavy atom. The molecule has 1 fully saturated rings. The number of nitrogens with one attached hydrogen (secondary N) is 1. The van der Waals surface area contributed by atoms with Gasteiger partial charge in [0.1, 0.15) is 5.82 Å². The van der Waals surface area contributed by atoms with Crippen LogP contribution in [0, 0.1) is 5.82 Å². The molecule has 24 heavy (non-hydrogen) atoms. The molecule has 1 aliphatic heterocycles. The topological polar surface area (TPSA) is 52.6 Å². The summed E-state index contributed by atoms with van der Waals surface area (Å²) >= 11 is 0. The third-order valence-electron chi connectivity index (χ3n) is 4.38. The Kier molecular flexibility index (Phi) is 5.11. The molecule has 1 saturated heterocycles. The number of amides is 1. The van der Waals surface area contributed by atoms with Crippen LogP contribution in [0.1, 0.15) is 34.3 Å². The number of hydrogen-bond donors (Lipinski definition) is 2. The van der Waals surface area contributed by atoms with Crippen LogP contribution >= 0.6 is 0 Å². The van der Waals surface area contributed by atoms with E-state index in [1.807, 2.05) is 29.2 Å². The Morgan fingerprint density at radius 1 is 1.12 bits per heavy atom. The first kappa shape index (κ1) is 16.5. The van der Waals surface area contributed by atoms with Crippen molar-refractivity contribution in [3.05, 3.63) is 65.0 Å². The highest BCUT2D eigenvalue weighted by molar-refractivity contribution is 5.94. The highest BCUT2D eigenvalue weighted by Gasteiger charge is 2.17. The van der Waals surface area contributed by atoms with Crippen LogP contribution in [0.25, 0.3) is 0 Å². The molecule has 0 saturated carbocycles. The van der Waals surface area contributed by atoms with E-state index in [0.717, 1.165) is 37.1 Å². The summed E-state index contributed by atoms with van der Waals surface area (Å²) < 4.78 is 14.3. The highest BCUT2D eigenvalue weighted by Crippen LogP contribution is 2.24. The van der Waals surface area contributed by atoms with Crippen molar-refractivity contribution >= 4 is 11.6 Å². The summed E-state index contributed by atoms with van der Waals surface area (Å²) in [4.78, 5) is 14.3. The van der Waals surface area contributed by atoms with Gasteiger partial charge in [-0.1, -0.05) is 24.3 Å². The van der Waals surface area contributed by atoms with Gasteiger partial charge in [0, 0.05) is 25.2 Å². The first-order chi connectivity index (χ1) is 11.7. The second kappa shape index (κ2) is 7.45. The molecule has 2 aromatic carbocycles. The number of nitrogens with zero attached hydrogens (tertiary/aromatic N) is 1. The zero-order valence-corrected chi connectivity index (χ0v) is 13.5. The van der Waals surface area contributed by atoms with Crippen molar-refractivity contribution in [1.29, 1.82) is 0 Å². The van der Waals surface area contributed by atoms with Crippen LogP contribution in [-0.4, -0.2) is 24.1 Å². The number of rotatable bonds is 5. The molecule has 126 valence electrons. The molecule has 2 N–H and O–H groups in total. The van der Waals surface area contributed by atoms with Crippen LogP contribution in [0.2, 0.25) is 0 Å². The zero-order chi connectivity index (χ0) is 16.9. The molecular formula is C19H21FN2O2. The van der Waals surface area contributed by atoms with Gasteiger partial charge in [-0.15, -0.1) is 0 Å². The highest BCUT2D eigenvalue weighted by atomic mass is 19.1. The van der Waals surface area contributed by atoms with Crippen LogP contribution in [0.15, 0.2) is 42.5 Å². The lowest BCUT2D eigenvalue weighted by Crippen LogP contribution is -2.24. The standard InChI is InChI=1S/C19H21FN2O2/c20-17-11-14(7-8-18(17)22-9-3-4-10-22)19(24)21-12-15-5-1-2-6-16(15)13-23/h1-2,5-8,11,23H,3-4,9-10,12-13H2,(H,21,24). The Balaban J connectivity index is 1.67. The lowest BCUT2D eigenvalue weighted by Gasteiger charge is -2.18. The molecule has 0 aromatic heterocycles. The summed E-state index contributed by atoms with van der Waals surface area (Å²) in [6, 6.07) is 12.0. The number of halogens is 1. The number of benzene rings is 2. The second-order valence-electron chi connectivity index (χ2n) is 5.97. The summed E-state index contributed by atoms with van der Waals surface area (Å²) in [5.41, 5.74) is 2.49. The lowest BCUT2D eigenvalue weighted by atomic mass is 10.1. The molecule has 0 aliphatic carbocycles. The maximum Gasteiger partial charge on any atom is 0.251 e. The van der Waals surface area contributed by atoms with Crippen LogP contribution in [0.3, 0.4) is 0 Å². The second-order valence-corrected chi connectivity index (χ2v) is 5.97. The molecule has 0 radical (unpaired) electrons. The van der Waals surface area contributed by atoms with E-state index in [0.29, 0.717) is 17.8 Å². The number of carbonyl (C=O) groups excluding carboxylic acids is 1. The quantitative estimate of drug-likeness (QED) is 0.887. The Morgan fingerprint density at radius 3 is 2.50 bits per heavy atom. The Bertz CT molecular complexity index is 727. The van der Waals surface area contributed by atoms with Crippen LogP contribution in [-0.2, 0) is 13.2 Å². The van der Waals surface area contributed by atoms with Gasteiger partial charge in [-0.25, -0.2) is 4.39 Å². The molecule has 1 amide bonds. The van der Waals surface area contributed by atoms with Gasteiger partial charge >= 0.3 is 0 Å². The van der Waals surface area contributed by atoms with Gasteiger partial charge in [-0.2, -0.15) is 0 Å². The van der Waals surface area contributed by atoms with E-state index in [4.69, 9.17) is 0 Å². The van der Waals surface area contributed by atoms with Crippen molar-refractivity contribution in [3.8, 4) is 0 Å². The normalized spacial score (nSPS) is 14.0. The summed E-state index contributed by atoms with van der Waals surface area (Å²) in [5.74, 6) is -0.685. The molecule has 3 rings (SSSR count). The van der Waals surface area contributed by atoms with Crippen molar-refractivity contribution < 1.29 is 14.3 Å². The third-order valence-corrected chi connectivity index (χ3v) is 4.38. The average Bonchev–Trinajstić information content (AvgIpc) is 3.14. The molecule has 0 atom stereocenters. The largest absolute Gasteiger partial charge is 0.392 e. The fourth-order valence-corrected chi connectivity index (χ4v) is 3.02. The van der Waals surface area contributed by atoms with Gasteiger partial charge in [0.25, 0.3) is 5.91 Å². The van der Waals surface area contributed by atoms with E-state index < -0.39 is 0 Å². The van der Waals surface area contributed by atoms with Crippen LogP contribution < -0.4 is 10.2 Å². The molecule has 0 spiro atoms. The number of hydrogen-bond acceptors (Lipinski definition) is 3. The number of aliphatic hydroxyl groups is 1. The van der Waals surface area contributed by atoms with Crippen molar-refractivity contribution in [2.24, 2.45) is 0 Å². The van der Waals surface area contributed by atoms with Crippen molar-refractivity contribution in [1.82, 2.24) is 5.32 Å². The first-order valence-electron chi connectivity index (χ1n) is 8.19. The van der Waals surface area contributed by atoms with E-state index >= 15 is 0 Å². The molecule has 5 heteroatoms. The minimum absolute atomic E-state index is 0.0782. The van der Waals surface area contributed by atoms with Crippen molar-refractivity contribution in [2.45, 2.75) is 26.0 Å². The average molecular weight is 328 g/mol. The monoisotopic (exact) mass is 328 g/mol. The van der Waals surface area contributed by atoms with E-state index in [2.05, 4.69) is 5.32 Å². The van der Waals surface area contributed by atoms with Crippen LogP contribution in [0.4, 0.5) is 10.1 Å². The summed E-state index contributed by atoms with van der Waals surface area (Å²) in [7, 11) is 0. The smallest absolute Gasteiger partial charge is 0.251 e. The van der Waals surface area contributed by atoms with E-state index in [9.17, 15) is 14.3 Å². The van der Waals surface area contributed by atoms with Gasteiger partial charge in [-0.05, 0) is 42.2 Å². The molecular weight excluding hydrogens is 307 g/mol. The van der Waals surface area contributed by atoms with Crippen molar-refractivity contribution in [2.75, 3.05) is 18.0 Å². The van der Waals surface area contributed by atoms with Gasteiger partial charge in [0.15, 0.2) is 0 Å². The predicted molar refractivity (Wildman–Crippen MR) is 91.4 cm³/mol. The third kappa shape index (κ3) is 3.57. The van der Waals surface area contributed by atoms with E-state index in [1.165, 1.54) is 6.07 Å². The fourth-order valence-electron chi connectivity index (χ4n) is 3.02. The summed E-state index contributed by atoms with van der Waals surface area (Å²) in [5, 5.41) is 12.1. The van der Waals surface area contributed by atoms with Gasteiger partial charge < -0.3 is 15.3 Å². The minimum atomic E-state index is -0.361. The molecule has 2 aromatic rings. The Hall–Kier alpha value is -2.40. The lowest BCUT2D eigenvalue weighted by molar-refractivity contribution is 0.0950. The van der Waals surface area contributed by atoms with Gasteiger partial charge in [0.2, 0.25) is 0 Å². The van der Waals surface area contributed by atoms with Crippen LogP contribution in [0.5, 0.6) is 0 Å². The predicted octanol–water partition coefficient (Wildman–Crippen LogP) is 2.85. The number of aliphatic hydroxyl groups excluding tert-OH is 1. The SMILES string of the molecule is O=C(NCc1ccccc1CO)c1ccc(N2CCCC2)c(F)c1.